The Labute approximate surface area is 213 Å². The number of amides is 2. The number of esters is 1. The number of rotatable bonds is 7. The molecule has 1 heterocycles. The van der Waals surface area contributed by atoms with Crippen LogP contribution in [0.5, 0.6) is 11.5 Å². The van der Waals surface area contributed by atoms with Crippen LogP contribution in [0.2, 0.25) is 5.02 Å². The number of para-hydroxylation sites is 1. The van der Waals surface area contributed by atoms with E-state index in [-0.39, 0.29) is 23.8 Å². The zero-order chi connectivity index (χ0) is 24.1. The highest BCUT2D eigenvalue weighted by molar-refractivity contribution is 9.10. The summed E-state index contributed by atoms with van der Waals surface area (Å²) in [5.41, 5.74) is 0.881. The second-order valence-corrected chi connectivity index (χ2v) is 9.37. The molecule has 2 amide bonds. The molecule has 0 atom stereocenters. The molecular weight excluding hydrogens is 542 g/mol. The Kier molecular flexibility index (Phi) is 7.72. The molecule has 1 aliphatic heterocycles. The van der Waals surface area contributed by atoms with E-state index < -0.39 is 17.1 Å². The van der Waals surface area contributed by atoms with Gasteiger partial charge in [0.15, 0.2) is 0 Å². The molecule has 1 saturated heterocycles. The molecule has 0 aliphatic carbocycles. The summed E-state index contributed by atoms with van der Waals surface area (Å²) in [6.45, 7) is 0.174. The molecule has 0 N–H and O–H groups in total. The van der Waals surface area contributed by atoms with Gasteiger partial charge in [0, 0.05) is 10.0 Å². The number of benzene rings is 3. The average Bonchev–Trinajstić information content (AvgIpc) is 3.10. The van der Waals surface area contributed by atoms with Crippen LogP contribution < -0.4 is 9.47 Å². The monoisotopic (exact) mass is 557 g/mol. The van der Waals surface area contributed by atoms with Crippen LogP contribution in [0.25, 0.3) is 6.08 Å². The maximum atomic E-state index is 12.9. The summed E-state index contributed by atoms with van der Waals surface area (Å²) >= 11 is 10.3. The van der Waals surface area contributed by atoms with Gasteiger partial charge in [0.25, 0.3) is 11.1 Å². The first-order valence-corrected chi connectivity index (χ1v) is 12.1. The summed E-state index contributed by atoms with van der Waals surface area (Å²) in [5, 5.41) is 0.0422. The highest BCUT2D eigenvalue weighted by atomic mass is 79.9. The fourth-order valence-electron chi connectivity index (χ4n) is 3.10. The molecule has 34 heavy (non-hydrogen) atoms. The summed E-state index contributed by atoms with van der Waals surface area (Å²) in [6, 6.07) is 20.6. The zero-order valence-electron chi connectivity index (χ0n) is 17.6. The van der Waals surface area contributed by atoms with Gasteiger partial charge in [-0.05, 0) is 60.3 Å². The van der Waals surface area contributed by atoms with E-state index in [0.29, 0.717) is 21.9 Å². The van der Waals surface area contributed by atoms with E-state index in [4.69, 9.17) is 21.1 Å². The number of hydrogen-bond acceptors (Lipinski definition) is 6. The Morgan fingerprint density at radius 3 is 2.50 bits per heavy atom. The van der Waals surface area contributed by atoms with Crippen molar-refractivity contribution in [1.29, 1.82) is 0 Å². The third-order valence-electron chi connectivity index (χ3n) is 4.75. The maximum Gasteiger partial charge on any atom is 0.343 e. The van der Waals surface area contributed by atoms with E-state index in [1.165, 1.54) is 6.08 Å². The van der Waals surface area contributed by atoms with E-state index in [9.17, 15) is 14.4 Å². The predicted molar refractivity (Wildman–Crippen MR) is 135 cm³/mol. The largest absolute Gasteiger partial charge is 0.490 e. The van der Waals surface area contributed by atoms with E-state index in [1.807, 2.05) is 0 Å². The van der Waals surface area contributed by atoms with Gasteiger partial charge < -0.3 is 9.47 Å². The highest BCUT2D eigenvalue weighted by Gasteiger charge is 2.35. The standard InChI is InChI=1S/C25H17BrClNO5S/c26-18-10-11-20(33-24(30)16-6-2-1-3-7-16)17(14-18)15-22-23(29)28(25(31)34-22)12-13-32-21-9-5-4-8-19(21)27/h1-11,14-15H,12-13H2/b22-15-. The molecule has 172 valence electrons. The van der Waals surface area contributed by atoms with Gasteiger partial charge in [0.1, 0.15) is 18.1 Å². The lowest BCUT2D eigenvalue weighted by atomic mass is 10.1. The molecule has 0 bridgehead atoms. The first-order valence-electron chi connectivity index (χ1n) is 10.1. The van der Waals surface area contributed by atoms with Crippen LogP contribution in [-0.2, 0) is 4.79 Å². The lowest BCUT2D eigenvalue weighted by Crippen LogP contribution is -2.32. The minimum absolute atomic E-state index is 0.0710. The van der Waals surface area contributed by atoms with Gasteiger partial charge in [0.05, 0.1) is 22.0 Å². The molecule has 0 unspecified atom stereocenters. The minimum Gasteiger partial charge on any atom is -0.490 e. The third-order valence-corrected chi connectivity index (χ3v) is 6.47. The van der Waals surface area contributed by atoms with Crippen molar-refractivity contribution in [2.45, 2.75) is 0 Å². The number of thioether (sulfide) groups is 1. The highest BCUT2D eigenvalue weighted by Crippen LogP contribution is 2.35. The molecule has 9 heteroatoms. The van der Waals surface area contributed by atoms with Crippen molar-refractivity contribution in [1.82, 2.24) is 4.90 Å². The van der Waals surface area contributed by atoms with Gasteiger partial charge >= 0.3 is 5.97 Å². The number of carbonyl (C=O) groups excluding carboxylic acids is 3. The Morgan fingerprint density at radius 2 is 1.74 bits per heavy atom. The van der Waals surface area contributed by atoms with Gasteiger partial charge in [-0.1, -0.05) is 57.9 Å². The lowest BCUT2D eigenvalue weighted by Gasteiger charge is -2.13. The van der Waals surface area contributed by atoms with Crippen molar-refractivity contribution >= 4 is 62.5 Å². The van der Waals surface area contributed by atoms with Crippen LogP contribution in [-0.4, -0.2) is 35.2 Å². The molecular formula is C25H17BrClNO5S. The quantitative estimate of drug-likeness (QED) is 0.189. The number of ether oxygens (including phenoxy) is 2. The SMILES string of the molecule is O=C(Oc1ccc(Br)cc1/C=C1\SC(=O)N(CCOc2ccccc2Cl)C1=O)c1ccccc1. The lowest BCUT2D eigenvalue weighted by molar-refractivity contribution is -0.123. The number of carbonyl (C=O) groups is 3. The Balaban J connectivity index is 1.48. The molecule has 6 nitrogen and oxygen atoms in total. The molecule has 3 aromatic rings. The topological polar surface area (TPSA) is 72.9 Å². The molecule has 0 spiro atoms. The van der Waals surface area contributed by atoms with Crippen LogP contribution in [0.4, 0.5) is 4.79 Å². The number of imide groups is 1. The number of hydrogen-bond donors (Lipinski definition) is 0. The fourth-order valence-corrected chi connectivity index (χ4v) is 4.53. The second kappa shape index (κ2) is 10.9. The fraction of sp³-hybridized carbons (Fsp3) is 0.0800. The molecule has 1 fully saturated rings. The van der Waals surface area contributed by atoms with Gasteiger partial charge in [-0.25, -0.2) is 4.79 Å². The van der Waals surface area contributed by atoms with E-state index >= 15 is 0 Å². The molecule has 3 aromatic carbocycles. The summed E-state index contributed by atoms with van der Waals surface area (Å²) in [6.07, 6.45) is 1.54. The molecule has 0 saturated carbocycles. The maximum absolute atomic E-state index is 12.9. The van der Waals surface area contributed by atoms with Crippen molar-refractivity contribution in [2.75, 3.05) is 13.2 Å². The summed E-state index contributed by atoms with van der Waals surface area (Å²) < 4.78 is 11.9. The minimum atomic E-state index is -0.526. The van der Waals surface area contributed by atoms with Crippen molar-refractivity contribution in [3.8, 4) is 11.5 Å². The van der Waals surface area contributed by atoms with Crippen molar-refractivity contribution in [3.63, 3.8) is 0 Å². The van der Waals surface area contributed by atoms with E-state index in [1.54, 1.807) is 72.8 Å². The van der Waals surface area contributed by atoms with Gasteiger partial charge in [0.2, 0.25) is 0 Å². The average molecular weight is 559 g/mol. The zero-order valence-corrected chi connectivity index (χ0v) is 20.7. The third kappa shape index (κ3) is 5.70. The van der Waals surface area contributed by atoms with Gasteiger partial charge in [-0.3, -0.25) is 14.5 Å². The van der Waals surface area contributed by atoms with Crippen LogP contribution >= 0.6 is 39.3 Å². The van der Waals surface area contributed by atoms with Gasteiger partial charge in [-0.15, -0.1) is 0 Å². The van der Waals surface area contributed by atoms with Crippen molar-refractivity contribution in [2.24, 2.45) is 0 Å². The van der Waals surface area contributed by atoms with Crippen LogP contribution in [0.15, 0.2) is 82.2 Å². The van der Waals surface area contributed by atoms with Crippen LogP contribution in [0.3, 0.4) is 0 Å². The predicted octanol–water partition coefficient (Wildman–Crippen LogP) is 6.44. The summed E-state index contributed by atoms with van der Waals surface area (Å²) in [4.78, 5) is 39.2. The number of nitrogens with zero attached hydrogens (tertiary/aromatic N) is 1. The summed E-state index contributed by atoms with van der Waals surface area (Å²) in [5.74, 6) is -0.225. The molecule has 4 rings (SSSR count). The van der Waals surface area contributed by atoms with Crippen molar-refractivity contribution in [3.05, 3.63) is 98.3 Å². The van der Waals surface area contributed by atoms with Crippen LogP contribution in [0.1, 0.15) is 15.9 Å². The smallest absolute Gasteiger partial charge is 0.343 e. The Hall–Kier alpha value is -3.07. The molecule has 0 aromatic heterocycles. The second-order valence-electron chi connectivity index (χ2n) is 7.05. The normalized spacial score (nSPS) is 14.5. The van der Waals surface area contributed by atoms with Crippen molar-refractivity contribution < 1.29 is 23.9 Å². The van der Waals surface area contributed by atoms with E-state index in [2.05, 4.69) is 15.9 Å². The number of halogens is 2. The Morgan fingerprint density at radius 1 is 1.00 bits per heavy atom. The first-order chi connectivity index (χ1) is 16.4. The van der Waals surface area contributed by atoms with E-state index in [0.717, 1.165) is 21.1 Å². The molecule has 1 aliphatic rings. The molecule has 0 radical (unpaired) electrons. The van der Waals surface area contributed by atoms with Crippen LogP contribution in [0, 0.1) is 0 Å². The summed E-state index contributed by atoms with van der Waals surface area (Å²) in [7, 11) is 0. The van der Waals surface area contributed by atoms with Gasteiger partial charge in [-0.2, -0.15) is 0 Å². The Bertz CT molecular complexity index is 1280. The first kappa shape index (κ1) is 24.1.